The van der Waals surface area contributed by atoms with Gasteiger partial charge in [0.25, 0.3) is 0 Å². The van der Waals surface area contributed by atoms with Crippen molar-refractivity contribution in [1.29, 1.82) is 0 Å². The SMILES string of the molecule is Cc1[nH]c(C(Nc2cnc(C(F)(F)F)cn2)c2ccc(F)c(Cl)c2)nc1S(C)(=O)=O. The van der Waals surface area contributed by atoms with Gasteiger partial charge >= 0.3 is 6.18 Å². The number of halogens is 5. The number of hydrogen-bond donors (Lipinski definition) is 2. The zero-order valence-electron chi connectivity index (χ0n) is 15.4. The number of aromatic amines is 1. The lowest BCUT2D eigenvalue weighted by atomic mass is 10.1. The minimum Gasteiger partial charge on any atom is -0.355 e. The fourth-order valence-electron chi connectivity index (χ4n) is 2.66. The molecule has 1 aromatic carbocycles. The van der Waals surface area contributed by atoms with Gasteiger partial charge in [-0.25, -0.2) is 27.8 Å². The van der Waals surface area contributed by atoms with Crippen LogP contribution in [0.15, 0.2) is 35.6 Å². The molecular weight excluding hydrogens is 450 g/mol. The fraction of sp³-hybridized carbons (Fsp3) is 0.235. The van der Waals surface area contributed by atoms with Crippen molar-refractivity contribution in [2.45, 2.75) is 24.2 Å². The maximum absolute atomic E-state index is 13.6. The highest BCUT2D eigenvalue weighted by atomic mass is 35.5. The molecule has 3 aromatic rings. The number of H-pyrrole nitrogens is 1. The van der Waals surface area contributed by atoms with Gasteiger partial charge in [0, 0.05) is 6.26 Å². The highest BCUT2D eigenvalue weighted by Crippen LogP contribution is 2.30. The number of nitrogens with one attached hydrogen (secondary N) is 2. The molecule has 0 aliphatic heterocycles. The smallest absolute Gasteiger partial charge is 0.355 e. The van der Waals surface area contributed by atoms with Crippen molar-refractivity contribution in [3.63, 3.8) is 0 Å². The van der Waals surface area contributed by atoms with Crippen molar-refractivity contribution in [1.82, 2.24) is 19.9 Å². The summed E-state index contributed by atoms with van der Waals surface area (Å²) in [6.07, 6.45) is -2.25. The molecule has 0 spiro atoms. The topological polar surface area (TPSA) is 101 Å². The van der Waals surface area contributed by atoms with Gasteiger partial charge in [-0.15, -0.1) is 0 Å². The summed E-state index contributed by atoms with van der Waals surface area (Å²) in [5.74, 6) is -0.623. The summed E-state index contributed by atoms with van der Waals surface area (Å²) in [6.45, 7) is 1.50. The highest BCUT2D eigenvalue weighted by Gasteiger charge is 2.33. The Morgan fingerprint density at radius 3 is 2.40 bits per heavy atom. The number of benzene rings is 1. The fourth-order valence-corrected chi connectivity index (χ4v) is 3.72. The normalized spacial score (nSPS) is 13.3. The lowest BCUT2D eigenvalue weighted by Crippen LogP contribution is -2.16. The van der Waals surface area contributed by atoms with Gasteiger partial charge in [0.2, 0.25) is 0 Å². The summed E-state index contributed by atoms with van der Waals surface area (Å²) in [6, 6.07) is 2.81. The summed E-state index contributed by atoms with van der Waals surface area (Å²) >= 11 is 5.85. The summed E-state index contributed by atoms with van der Waals surface area (Å²) in [4.78, 5) is 13.9. The number of anilines is 1. The van der Waals surface area contributed by atoms with E-state index in [1.165, 1.54) is 19.1 Å². The van der Waals surface area contributed by atoms with E-state index in [0.29, 0.717) is 11.8 Å². The Hall–Kier alpha value is -2.73. The maximum Gasteiger partial charge on any atom is 0.434 e. The Balaban J connectivity index is 2.05. The third-order valence-electron chi connectivity index (χ3n) is 3.99. The number of hydrogen-bond acceptors (Lipinski definition) is 6. The average molecular weight is 464 g/mol. The molecule has 3 rings (SSSR count). The van der Waals surface area contributed by atoms with Crippen LogP contribution < -0.4 is 5.32 Å². The molecule has 2 heterocycles. The maximum atomic E-state index is 13.6. The molecule has 2 aromatic heterocycles. The second-order valence-corrected chi connectivity index (χ2v) is 8.70. The van der Waals surface area contributed by atoms with Crippen molar-refractivity contribution >= 4 is 27.3 Å². The van der Waals surface area contributed by atoms with E-state index in [1.54, 1.807) is 0 Å². The third kappa shape index (κ3) is 4.70. The average Bonchev–Trinajstić information content (AvgIpc) is 3.03. The monoisotopic (exact) mass is 463 g/mol. The molecule has 0 amide bonds. The van der Waals surface area contributed by atoms with E-state index in [0.717, 1.165) is 18.5 Å². The molecule has 0 fully saturated rings. The number of aromatic nitrogens is 4. The van der Waals surface area contributed by atoms with Gasteiger partial charge in [-0.2, -0.15) is 13.2 Å². The molecule has 0 bridgehead atoms. The minimum absolute atomic E-state index is 0.0524. The molecule has 0 saturated heterocycles. The van der Waals surface area contributed by atoms with Gasteiger partial charge in [0.1, 0.15) is 23.5 Å². The quantitative estimate of drug-likeness (QED) is 0.556. The highest BCUT2D eigenvalue weighted by molar-refractivity contribution is 7.90. The number of nitrogens with zero attached hydrogens (tertiary/aromatic N) is 3. The summed E-state index contributed by atoms with van der Waals surface area (Å²) in [5, 5.41) is 2.42. The van der Waals surface area contributed by atoms with Gasteiger partial charge in [-0.1, -0.05) is 17.7 Å². The van der Waals surface area contributed by atoms with Crippen LogP contribution in [-0.4, -0.2) is 34.6 Å². The number of imidazole rings is 1. The number of sulfone groups is 1. The predicted octanol–water partition coefficient (Wildman–Crippen LogP) is 3.92. The largest absolute Gasteiger partial charge is 0.434 e. The van der Waals surface area contributed by atoms with Crippen molar-refractivity contribution in [3.8, 4) is 0 Å². The Kier molecular flexibility index (Phi) is 5.74. The van der Waals surface area contributed by atoms with Crippen LogP contribution in [0.1, 0.15) is 28.8 Å². The Morgan fingerprint density at radius 1 is 1.20 bits per heavy atom. The van der Waals surface area contributed by atoms with Crippen LogP contribution in [0.4, 0.5) is 23.4 Å². The van der Waals surface area contributed by atoms with Crippen LogP contribution in [0.3, 0.4) is 0 Å². The first kappa shape index (κ1) is 22.0. The van der Waals surface area contributed by atoms with Crippen LogP contribution in [0, 0.1) is 12.7 Å². The molecule has 30 heavy (non-hydrogen) atoms. The van der Waals surface area contributed by atoms with E-state index in [2.05, 4.69) is 25.3 Å². The Bertz CT molecular complexity index is 1180. The van der Waals surface area contributed by atoms with Gasteiger partial charge in [-0.3, -0.25) is 0 Å². The molecule has 1 unspecified atom stereocenters. The standard InChI is InChI=1S/C17H14ClF4N5O2S/c1-8-16(30(2,28)29)27-15(25-8)14(9-3-4-11(19)10(18)5-9)26-13-7-23-12(6-24-13)17(20,21)22/h3-7,14H,1-2H3,(H,24,26)(H,25,27). The van der Waals surface area contributed by atoms with E-state index in [9.17, 15) is 26.0 Å². The van der Waals surface area contributed by atoms with E-state index in [4.69, 9.17) is 11.6 Å². The van der Waals surface area contributed by atoms with Crippen molar-refractivity contribution in [2.75, 3.05) is 11.6 Å². The Labute approximate surface area is 173 Å². The third-order valence-corrected chi connectivity index (χ3v) is 5.38. The summed E-state index contributed by atoms with van der Waals surface area (Å²) < 4.78 is 75.5. The van der Waals surface area contributed by atoms with Gasteiger partial charge < -0.3 is 10.3 Å². The van der Waals surface area contributed by atoms with Gasteiger partial charge in [0.05, 0.1) is 23.1 Å². The van der Waals surface area contributed by atoms with E-state index >= 15 is 0 Å². The lowest BCUT2D eigenvalue weighted by Gasteiger charge is -2.18. The molecule has 7 nitrogen and oxygen atoms in total. The van der Waals surface area contributed by atoms with Crippen molar-refractivity contribution < 1.29 is 26.0 Å². The van der Waals surface area contributed by atoms with Crippen LogP contribution in [-0.2, 0) is 16.0 Å². The first-order valence-corrected chi connectivity index (χ1v) is 10.5. The summed E-state index contributed by atoms with van der Waals surface area (Å²) in [7, 11) is -3.65. The molecule has 0 aliphatic carbocycles. The molecule has 0 saturated carbocycles. The first-order chi connectivity index (χ1) is 13.9. The molecule has 160 valence electrons. The molecule has 0 aliphatic rings. The van der Waals surface area contributed by atoms with Crippen molar-refractivity contribution in [2.24, 2.45) is 0 Å². The first-order valence-electron chi connectivity index (χ1n) is 8.23. The van der Waals surface area contributed by atoms with E-state index in [-0.39, 0.29) is 27.4 Å². The number of aryl methyl sites for hydroxylation is 1. The number of rotatable bonds is 5. The molecule has 0 radical (unpaired) electrons. The second kappa shape index (κ2) is 7.84. The van der Waals surface area contributed by atoms with Gasteiger partial charge in [0.15, 0.2) is 20.6 Å². The molecular formula is C17H14ClF4N5O2S. The van der Waals surface area contributed by atoms with Crippen LogP contribution in [0.25, 0.3) is 0 Å². The van der Waals surface area contributed by atoms with Gasteiger partial charge in [-0.05, 0) is 24.6 Å². The van der Waals surface area contributed by atoms with E-state index < -0.39 is 33.6 Å². The Morgan fingerprint density at radius 2 is 1.90 bits per heavy atom. The molecule has 2 N–H and O–H groups in total. The molecule has 1 atom stereocenters. The number of alkyl halides is 3. The lowest BCUT2D eigenvalue weighted by molar-refractivity contribution is -0.141. The van der Waals surface area contributed by atoms with Crippen LogP contribution in [0.5, 0.6) is 0 Å². The minimum atomic E-state index is -4.65. The van der Waals surface area contributed by atoms with E-state index in [1.807, 2.05) is 0 Å². The van der Waals surface area contributed by atoms with Crippen LogP contribution in [0.2, 0.25) is 5.02 Å². The predicted molar refractivity (Wildman–Crippen MR) is 100 cm³/mol. The summed E-state index contributed by atoms with van der Waals surface area (Å²) in [5.41, 5.74) is -0.564. The van der Waals surface area contributed by atoms with Crippen LogP contribution >= 0.6 is 11.6 Å². The zero-order chi connectivity index (χ0) is 22.3. The van der Waals surface area contributed by atoms with Crippen molar-refractivity contribution in [3.05, 3.63) is 64.2 Å². The second-order valence-electron chi connectivity index (χ2n) is 6.36. The zero-order valence-corrected chi connectivity index (χ0v) is 17.0. The molecule has 13 heteroatoms.